The first kappa shape index (κ1) is 30.0. The van der Waals surface area contributed by atoms with Gasteiger partial charge in [0.05, 0.1) is 31.6 Å². The van der Waals surface area contributed by atoms with Gasteiger partial charge in [-0.05, 0) is 42.7 Å². The predicted molar refractivity (Wildman–Crippen MR) is 150 cm³/mol. The Bertz CT molecular complexity index is 1270. The van der Waals surface area contributed by atoms with Crippen LogP contribution in [-0.4, -0.2) is 84.0 Å². The molecule has 1 aromatic carbocycles. The quantitative estimate of drug-likeness (QED) is 0.372. The maximum atomic E-state index is 14.3. The van der Waals surface area contributed by atoms with Crippen LogP contribution in [0.5, 0.6) is 0 Å². The molecule has 224 valence electrons. The number of carbonyl (C=O) groups is 2. The van der Waals surface area contributed by atoms with Gasteiger partial charge < -0.3 is 20.3 Å². The number of anilines is 1. The number of aliphatic hydroxyl groups is 2. The molecule has 3 aliphatic rings. The minimum Gasteiger partial charge on any atom is -0.396 e. The lowest BCUT2D eigenvalue weighted by Crippen LogP contribution is -2.57. The average molecular weight is 593 g/mol. The normalized spacial score (nSPS) is 29.9. The molecular weight excluding hydrogens is 554 g/mol. The summed E-state index contributed by atoms with van der Waals surface area (Å²) in [6.07, 6.45) is 1.07. The summed E-state index contributed by atoms with van der Waals surface area (Å²) >= 11 is 1.20. The maximum Gasteiger partial charge on any atom is 0.263 e. The standard InChI is InChI=1S/C29H38F2N4O5S/c1-28-7-6-22(37)29(2,16-36)21(28)15-20-25(17(28)14-23(38)32-8-9-35-10-12-40-13-11-35)33-27(41-20)34-26(39)24-18(30)4-3-5-19(24)31/h3-5,17,21-22,36-37H,6-16H2,1-2H3,(H,32,38)(H,33,34,39)/t17-,21+,22-,28+,29+/m1/s1. The Balaban J connectivity index is 1.41. The van der Waals surface area contributed by atoms with Crippen LogP contribution in [0.1, 0.15) is 60.0 Å². The summed E-state index contributed by atoms with van der Waals surface area (Å²) in [6, 6.07) is 3.23. The third kappa shape index (κ3) is 5.77. The molecule has 0 radical (unpaired) electrons. The SMILES string of the molecule is C[C@]1(CO)[C@H]2Cc3sc(NC(=O)c4c(F)cccc4F)nc3[C@@H](CC(=O)NCCN3CCOCC3)[C@]2(C)CC[C@H]1O. The lowest BCUT2D eigenvalue weighted by molar-refractivity contribution is -0.144. The van der Waals surface area contributed by atoms with Crippen molar-refractivity contribution in [1.29, 1.82) is 0 Å². The smallest absolute Gasteiger partial charge is 0.263 e. The molecule has 2 amide bonds. The first-order chi connectivity index (χ1) is 19.6. The second kappa shape index (κ2) is 12.0. The molecule has 0 spiro atoms. The fourth-order valence-electron chi connectivity index (χ4n) is 7.01. The molecule has 2 heterocycles. The van der Waals surface area contributed by atoms with E-state index in [0.717, 1.165) is 36.6 Å². The van der Waals surface area contributed by atoms with Crippen molar-refractivity contribution in [3.05, 3.63) is 46.0 Å². The average Bonchev–Trinajstić information content (AvgIpc) is 3.34. The van der Waals surface area contributed by atoms with Crippen molar-refractivity contribution in [3.8, 4) is 0 Å². The van der Waals surface area contributed by atoms with E-state index in [1.54, 1.807) is 0 Å². The number of hydrogen-bond donors (Lipinski definition) is 4. The summed E-state index contributed by atoms with van der Waals surface area (Å²) in [5.74, 6) is -3.51. The monoisotopic (exact) mass is 592 g/mol. The molecule has 0 unspecified atom stereocenters. The van der Waals surface area contributed by atoms with Crippen LogP contribution in [0.15, 0.2) is 18.2 Å². The van der Waals surface area contributed by atoms with Gasteiger partial charge in [-0.2, -0.15) is 0 Å². The molecule has 1 aliphatic heterocycles. The Hall–Kier alpha value is -2.51. The van der Waals surface area contributed by atoms with E-state index >= 15 is 0 Å². The van der Waals surface area contributed by atoms with E-state index < -0.39 is 40.0 Å². The van der Waals surface area contributed by atoms with E-state index in [2.05, 4.69) is 22.5 Å². The van der Waals surface area contributed by atoms with E-state index in [1.165, 1.54) is 17.4 Å². The van der Waals surface area contributed by atoms with Crippen molar-refractivity contribution in [3.63, 3.8) is 0 Å². The molecule has 0 bridgehead atoms. The van der Waals surface area contributed by atoms with Crippen LogP contribution in [0.2, 0.25) is 0 Å². The molecule has 1 aromatic heterocycles. The summed E-state index contributed by atoms with van der Waals surface area (Å²) in [5.41, 5.74) is -1.26. The number of amides is 2. The molecule has 1 saturated heterocycles. The highest BCUT2D eigenvalue weighted by atomic mass is 32.1. The van der Waals surface area contributed by atoms with Gasteiger partial charge in [0.1, 0.15) is 17.2 Å². The summed E-state index contributed by atoms with van der Waals surface area (Å²) in [7, 11) is 0. The third-order valence-electron chi connectivity index (χ3n) is 9.55. The number of thiazole rings is 1. The lowest BCUT2D eigenvalue weighted by atomic mass is 9.47. The number of hydrogen-bond acceptors (Lipinski definition) is 8. The van der Waals surface area contributed by atoms with Gasteiger partial charge >= 0.3 is 0 Å². The molecule has 4 N–H and O–H groups in total. The van der Waals surface area contributed by atoms with E-state index in [-0.39, 0.29) is 35.9 Å². The second-order valence-corrected chi connectivity index (χ2v) is 13.0. The van der Waals surface area contributed by atoms with Crippen LogP contribution in [0.25, 0.3) is 0 Å². The summed E-state index contributed by atoms with van der Waals surface area (Å²) < 4.78 is 33.9. The zero-order valence-corrected chi connectivity index (χ0v) is 24.2. The molecule has 1 saturated carbocycles. The number of carbonyl (C=O) groups excluding carboxylic acids is 2. The van der Waals surface area contributed by atoms with Crippen molar-refractivity contribution < 1.29 is 33.3 Å². The Labute approximate surface area is 242 Å². The molecule has 12 heteroatoms. The fourth-order valence-corrected chi connectivity index (χ4v) is 8.07. The number of aliphatic hydroxyl groups excluding tert-OH is 2. The second-order valence-electron chi connectivity index (χ2n) is 11.9. The van der Waals surface area contributed by atoms with Crippen LogP contribution in [0.4, 0.5) is 13.9 Å². The van der Waals surface area contributed by atoms with Crippen molar-refractivity contribution in [1.82, 2.24) is 15.2 Å². The van der Waals surface area contributed by atoms with Crippen LogP contribution < -0.4 is 10.6 Å². The lowest BCUT2D eigenvalue weighted by Gasteiger charge is -2.58. The summed E-state index contributed by atoms with van der Waals surface area (Å²) in [5, 5.41) is 27.2. The number of nitrogens with one attached hydrogen (secondary N) is 2. The molecular formula is C29H38F2N4O5S. The van der Waals surface area contributed by atoms with Crippen molar-refractivity contribution in [2.24, 2.45) is 16.7 Å². The Morgan fingerprint density at radius 2 is 1.93 bits per heavy atom. The van der Waals surface area contributed by atoms with E-state index in [4.69, 9.17) is 9.72 Å². The van der Waals surface area contributed by atoms with Crippen molar-refractivity contribution in [2.75, 3.05) is 51.3 Å². The van der Waals surface area contributed by atoms with E-state index in [0.29, 0.717) is 44.7 Å². The Morgan fingerprint density at radius 1 is 1.22 bits per heavy atom. The number of benzene rings is 1. The zero-order valence-electron chi connectivity index (χ0n) is 23.4. The van der Waals surface area contributed by atoms with Crippen molar-refractivity contribution in [2.45, 2.75) is 51.6 Å². The van der Waals surface area contributed by atoms with Crippen LogP contribution in [0, 0.1) is 28.4 Å². The molecule has 2 aliphatic carbocycles. The summed E-state index contributed by atoms with van der Waals surface area (Å²) in [4.78, 5) is 33.9. The minimum atomic E-state index is -0.971. The van der Waals surface area contributed by atoms with Gasteiger partial charge in [-0.25, -0.2) is 13.8 Å². The number of halogens is 2. The number of ether oxygens (including phenoxy) is 1. The van der Waals surface area contributed by atoms with Gasteiger partial charge in [0.15, 0.2) is 5.13 Å². The third-order valence-corrected chi connectivity index (χ3v) is 10.6. The van der Waals surface area contributed by atoms with Gasteiger partial charge in [-0.1, -0.05) is 19.9 Å². The highest BCUT2D eigenvalue weighted by Crippen LogP contribution is 2.62. The number of nitrogens with zero attached hydrogens (tertiary/aromatic N) is 2. The first-order valence-electron chi connectivity index (χ1n) is 14.2. The number of rotatable bonds is 8. The highest BCUT2D eigenvalue weighted by molar-refractivity contribution is 7.15. The number of aromatic nitrogens is 1. The van der Waals surface area contributed by atoms with Gasteiger partial charge in [0.25, 0.3) is 5.91 Å². The van der Waals surface area contributed by atoms with Gasteiger partial charge in [0, 0.05) is 48.8 Å². The minimum absolute atomic E-state index is 0.125. The number of morpholine rings is 1. The van der Waals surface area contributed by atoms with Gasteiger partial charge in [-0.15, -0.1) is 11.3 Å². The Morgan fingerprint density at radius 3 is 2.61 bits per heavy atom. The summed E-state index contributed by atoms with van der Waals surface area (Å²) in [6.45, 7) is 8.00. The van der Waals surface area contributed by atoms with E-state index in [9.17, 15) is 28.6 Å². The molecule has 41 heavy (non-hydrogen) atoms. The van der Waals surface area contributed by atoms with Crippen LogP contribution in [-0.2, 0) is 16.0 Å². The largest absolute Gasteiger partial charge is 0.396 e. The zero-order chi connectivity index (χ0) is 29.4. The molecule has 9 nitrogen and oxygen atoms in total. The van der Waals surface area contributed by atoms with Crippen LogP contribution >= 0.6 is 11.3 Å². The fraction of sp³-hybridized carbons (Fsp3) is 0.621. The first-order valence-corrected chi connectivity index (χ1v) is 15.0. The van der Waals surface area contributed by atoms with E-state index in [1.807, 2.05) is 6.92 Å². The molecule has 5 atom stereocenters. The molecule has 2 fully saturated rings. The molecule has 5 rings (SSSR count). The topological polar surface area (TPSA) is 124 Å². The van der Waals surface area contributed by atoms with Crippen LogP contribution in [0.3, 0.4) is 0 Å². The molecule has 2 aromatic rings. The van der Waals surface area contributed by atoms with Gasteiger partial charge in [0.2, 0.25) is 5.91 Å². The number of fused-ring (bicyclic) bond motifs is 2. The maximum absolute atomic E-state index is 14.3. The predicted octanol–water partition coefficient (Wildman–Crippen LogP) is 2.93. The van der Waals surface area contributed by atoms with Gasteiger partial charge in [-0.3, -0.25) is 19.8 Å². The Kier molecular flexibility index (Phi) is 8.77. The van der Waals surface area contributed by atoms with Crippen molar-refractivity contribution >= 4 is 28.3 Å². The highest BCUT2D eigenvalue weighted by Gasteiger charge is 2.59.